The van der Waals surface area contributed by atoms with Crippen LogP contribution >= 0.6 is 0 Å². The zero-order valence-corrected chi connectivity index (χ0v) is 15.3. The molecular formula is C20H21N3O3. The summed E-state index contributed by atoms with van der Waals surface area (Å²) in [5.74, 6) is 0.0134. The van der Waals surface area contributed by atoms with Crippen molar-refractivity contribution in [2.45, 2.75) is 27.7 Å². The van der Waals surface area contributed by atoms with Crippen LogP contribution in [-0.4, -0.2) is 22.6 Å². The highest BCUT2D eigenvalue weighted by atomic mass is 16.5. The molecule has 26 heavy (non-hydrogen) atoms. The van der Waals surface area contributed by atoms with E-state index in [-0.39, 0.29) is 18.2 Å². The molecule has 0 aliphatic rings. The molecule has 3 aromatic rings. The number of nitrogens with one attached hydrogen (secondary N) is 1. The molecule has 1 heterocycles. The third-order valence-electron chi connectivity index (χ3n) is 4.16. The van der Waals surface area contributed by atoms with Crippen molar-refractivity contribution in [3.63, 3.8) is 0 Å². The van der Waals surface area contributed by atoms with E-state index in [9.17, 15) is 9.90 Å². The number of H-pyrrole nitrogens is 1. The van der Waals surface area contributed by atoms with Crippen molar-refractivity contribution in [1.82, 2.24) is 4.98 Å². The molecule has 0 saturated carbocycles. The average Bonchev–Trinajstić information content (AvgIpc) is 2.89. The van der Waals surface area contributed by atoms with Gasteiger partial charge < -0.3 is 14.8 Å². The molecule has 0 aliphatic heterocycles. The number of aromatic hydroxyl groups is 1. The summed E-state index contributed by atoms with van der Waals surface area (Å²) in [6.45, 7) is 7.55. The molecule has 1 aromatic heterocycles. The molecule has 0 saturated heterocycles. The van der Waals surface area contributed by atoms with Gasteiger partial charge in [0.05, 0.1) is 5.52 Å². The number of carbonyl (C=O) groups is 1. The Labute approximate surface area is 151 Å². The molecule has 0 bridgehead atoms. The average molecular weight is 351 g/mol. The third kappa shape index (κ3) is 3.59. The maximum absolute atomic E-state index is 12.0. The molecule has 2 N–H and O–H groups in total. The van der Waals surface area contributed by atoms with Crippen LogP contribution in [0.15, 0.2) is 40.6 Å². The number of amides is 1. The fourth-order valence-corrected chi connectivity index (χ4v) is 2.86. The molecule has 2 aromatic carbocycles. The minimum Gasteiger partial charge on any atom is -0.493 e. The van der Waals surface area contributed by atoms with Crippen molar-refractivity contribution >= 4 is 22.5 Å². The Bertz CT molecular complexity index is 1020. The Morgan fingerprint density at radius 3 is 2.62 bits per heavy atom. The number of rotatable bonds is 4. The van der Waals surface area contributed by atoms with Gasteiger partial charge >= 0.3 is 5.91 Å². The lowest BCUT2D eigenvalue weighted by molar-refractivity contribution is -0.120. The number of nitrogens with zero attached hydrogens (tertiary/aromatic N) is 2. The second kappa shape index (κ2) is 7.00. The Balaban J connectivity index is 1.77. The Hall–Kier alpha value is -3.15. The number of carbonyl (C=O) groups excluding carboxylic acids is 1. The minimum absolute atomic E-state index is 0.110. The van der Waals surface area contributed by atoms with E-state index in [1.807, 2.05) is 58.0 Å². The van der Waals surface area contributed by atoms with Crippen LogP contribution in [0.4, 0.5) is 5.69 Å². The number of aryl methyl sites for hydroxylation is 4. The summed E-state index contributed by atoms with van der Waals surface area (Å²) in [5, 5.41) is 18.4. The van der Waals surface area contributed by atoms with Crippen LogP contribution in [0.2, 0.25) is 0 Å². The maximum Gasteiger partial charge on any atom is 0.302 e. The monoisotopic (exact) mass is 351 g/mol. The Kier molecular flexibility index (Phi) is 4.75. The van der Waals surface area contributed by atoms with E-state index in [1.54, 1.807) is 0 Å². The molecule has 134 valence electrons. The van der Waals surface area contributed by atoms with Crippen LogP contribution < -0.4 is 4.74 Å². The summed E-state index contributed by atoms with van der Waals surface area (Å²) in [5.41, 5.74) is 5.05. The normalized spacial score (nSPS) is 11.4. The third-order valence-corrected chi connectivity index (χ3v) is 4.16. The van der Waals surface area contributed by atoms with Gasteiger partial charge in [0.2, 0.25) is 5.88 Å². The number of ether oxygens (including phenoxy) is 1. The van der Waals surface area contributed by atoms with Crippen LogP contribution in [0.1, 0.15) is 22.3 Å². The second-order valence-electron chi connectivity index (χ2n) is 6.48. The summed E-state index contributed by atoms with van der Waals surface area (Å²) >= 11 is 0. The number of azo groups is 1. The predicted molar refractivity (Wildman–Crippen MR) is 100 cm³/mol. The first-order chi connectivity index (χ1) is 12.3. The zero-order valence-electron chi connectivity index (χ0n) is 15.3. The zero-order chi connectivity index (χ0) is 18.8. The van der Waals surface area contributed by atoms with Crippen LogP contribution in [-0.2, 0) is 4.79 Å². The predicted octanol–water partition coefficient (Wildman–Crippen LogP) is 4.80. The van der Waals surface area contributed by atoms with Crippen molar-refractivity contribution in [3.05, 3.63) is 52.6 Å². The molecule has 0 unspecified atom stereocenters. The van der Waals surface area contributed by atoms with E-state index in [0.717, 1.165) is 33.2 Å². The van der Waals surface area contributed by atoms with E-state index in [1.165, 1.54) is 0 Å². The maximum atomic E-state index is 12.0. The first-order valence-electron chi connectivity index (χ1n) is 8.31. The number of hydrogen-bond acceptors (Lipinski definition) is 4. The molecule has 0 aliphatic carbocycles. The molecule has 3 rings (SSSR count). The van der Waals surface area contributed by atoms with Crippen LogP contribution in [0.5, 0.6) is 11.6 Å². The molecule has 6 heteroatoms. The van der Waals surface area contributed by atoms with Gasteiger partial charge in [0.25, 0.3) is 0 Å². The summed E-state index contributed by atoms with van der Waals surface area (Å²) in [4.78, 5) is 14.9. The van der Waals surface area contributed by atoms with Crippen molar-refractivity contribution in [3.8, 4) is 11.6 Å². The van der Waals surface area contributed by atoms with Gasteiger partial charge in [-0.3, -0.25) is 4.79 Å². The lowest BCUT2D eigenvalue weighted by Crippen LogP contribution is -2.08. The van der Waals surface area contributed by atoms with E-state index < -0.39 is 5.91 Å². The summed E-state index contributed by atoms with van der Waals surface area (Å²) in [7, 11) is 0. The smallest absolute Gasteiger partial charge is 0.302 e. The van der Waals surface area contributed by atoms with Gasteiger partial charge in [-0.25, -0.2) is 0 Å². The van der Waals surface area contributed by atoms with Crippen molar-refractivity contribution in [2.24, 2.45) is 10.2 Å². The number of hydrogen-bond donors (Lipinski definition) is 2. The van der Waals surface area contributed by atoms with E-state index in [0.29, 0.717) is 5.75 Å². The van der Waals surface area contributed by atoms with E-state index in [2.05, 4.69) is 15.2 Å². The van der Waals surface area contributed by atoms with Crippen LogP contribution in [0.3, 0.4) is 0 Å². The number of aromatic nitrogens is 1. The number of aromatic amines is 1. The standard InChI is InChI=1S/C20H21N3O3/c1-11-5-6-13(3)16(9-11)26-10-17(24)22-23-19-15-8-12(2)7-14(4)18(15)21-20(19)25/h5-9,21,25H,10H2,1-4H3. The van der Waals surface area contributed by atoms with Gasteiger partial charge in [-0.15, -0.1) is 10.2 Å². The number of benzene rings is 2. The SMILES string of the molecule is Cc1ccc(C)c(OCC(=O)N=Nc2c(O)[nH]c3c(C)cc(C)cc23)c1. The summed E-state index contributed by atoms with van der Waals surface area (Å²) < 4.78 is 5.53. The summed E-state index contributed by atoms with van der Waals surface area (Å²) in [6.07, 6.45) is 0. The molecule has 0 spiro atoms. The van der Waals surface area contributed by atoms with Gasteiger partial charge in [-0.1, -0.05) is 23.8 Å². The quantitative estimate of drug-likeness (QED) is 0.662. The number of fused-ring (bicyclic) bond motifs is 1. The molecule has 6 nitrogen and oxygen atoms in total. The van der Waals surface area contributed by atoms with E-state index in [4.69, 9.17) is 4.74 Å². The van der Waals surface area contributed by atoms with E-state index >= 15 is 0 Å². The molecular weight excluding hydrogens is 330 g/mol. The highest BCUT2D eigenvalue weighted by Crippen LogP contribution is 2.37. The molecule has 0 fully saturated rings. The second-order valence-corrected chi connectivity index (χ2v) is 6.48. The highest BCUT2D eigenvalue weighted by Gasteiger charge is 2.13. The van der Waals surface area contributed by atoms with Crippen molar-refractivity contribution < 1.29 is 14.6 Å². The van der Waals surface area contributed by atoms with Gasteiger partial charge in [-0.05, 0) is 56.5 Å². The van der Waals surface area contributed by atoms with Crippen molar-refractivity contribution in [1.29, 1.82) is 0 Å². The first-order valence-corrected chi connectivity index (χ1v) is 8.31. The van der Waals surface area contributed by atoms with Gasteiger partial charge in [0.15, 0.2) is 12.3 Å². The Morgan fingerprint density at radius 2 is 1.85 bits per heavy atom. The first kappa shape index (κ1) is 17.7. The van der Waals surface area contributed by atoms with Gasteiger partial charge in [-0.2, -0.15) is 0 Å². The van der Waals surface area contributed by atoms with Crippen LogP contribution in [0, 0.1) is 27.7 Å². The highest BCUT2D eigenvalue weighted by molar-refractivity contribution is 5.96. The topological polar surface area (TPSA) is 87.0 Å². The van der Waals surface area contributed by atoms with Crippen molar-refractivity contribution in [2.75, 3.05) is 6.61 Å². The summed E-state index contributed by atoms with van der Waals surface area (Å²) in [6, 6.07) is 9.68. The van der Waals surface area contributed by atoms with Gasteiger partial charge in [0, 0.05) is 5.39 Å². The molecule has 0 atom stereocenters. The Morgan fingerprint density at radius 1 is 1.08 bits per heavy atom. The lowest BCUT2D eigenvalue weighted by Gasteiger charge is -2.07. The molecule has 0 radical (unpaired) electrons. The molecule has 1 amide bonds. The fourth-order valence-electron chi connectivity index (χ4n) is 2.86. The largest absolute Gasteiger partial charge is 0.493 e. The van der Waals surface area contributed by atoms with Gasteiger partial charge in [0.1, 0.15) is 5.75 Å². The lowest BCUT2D eigenvalue weighted by atomic mass is 10.1. The fraction of sp³-hybridized carbons (Fsp3) is 0.250. The minimum atomic E-state index is -0.524. The van der Waals surface area contributed by atoms with Crippen LogP contribution in [0.25, 0.3) is 10.9 Å².